The summed E-state index contributed by atoms with van der Waals surface area (Å²) in [6.07, 6.45) is 5.81. The molecule has 1 N–H and O–H groups in total. The van der Waals surface area contributed by atoms with Gasteiger partial charge in [-0.2, -0.15) is 0 Å². The number of benzene rings is 1. The van der Waals surface area contributed by atoms with E-state index in [0.717, 1.165) is 38.3 Å². The molecule has 4 nitrogen and oxygen atoms in total. The van der Waals surface area contributed by atoms with Gasteiger partial charge in [0.1, 0.15) is 0 Å². The van der Waals surface area contributed by atoms with Gasteiger partial charge in [0.15, 0.2) is 0 Å². The molecule has 0 radical (unpaired) electrons. The standard InChI is InChI=1S/C22H31N3O/c1-16-9-13-24(14-10-16)12-5-8-21-22-19(11-15-25(21)17(2)26)18-6-3-4-7-20(18)23-22/h3-4,6-7,16,21,23H,5,8-15H2,1-2H3. The molecule has 0 aliphatic carbocycles. The Kier molecular flexibility index (Phi) is 5.03. The Balaban J connectivity index is 1.50. The maximum atomic E-state index is 12.2. The van der Waals surface area contributed by atoms with Gasteiger partial charge in [-0.25, -0.2) is 0 Å². The summed E-state index contributed by atoms with van der Waals surface area (Å²) >= 11 is 0. The monoisotopic (exact) mass is 353 g/mol. The first kappa shape index (κ1) is 17.6. The second-order valence-electron chi connectivity index (χ2n) is 8.21. The highest BCUT2D eigenvalue weighted by Gasteiger charge is 2.31. The molecule has 1 unspecified atom stereocenters. The Morgan fingerprint density at radius 1 is 1.19 bits per heavy atom. The number of amides is 1. The van der Waals surface area contributed by atoms with Gasteiger partial charge >= 0.3 is 0 Å². The summed E-state index contributed by atoms with van der Waals surface area (Å²) in [5, 5.41) is 1.33. The third-order valence-corrected chi connectivity index (χ3v) is 6.39. The lowest BCUT2D eigenvalue weighted by Crippen LogP contribution is -2.39. The molecule has 4 heteroatoms. The van der Waals surface area contributed by atoms with E-state index >= 15 is 0 Å². The Hall–Kier alpha value is -1.81. The molecule has 0 bridgehead atoms. The van der Waals surface area contributed by atoms with Crippen LogP contribution in [0.3, 0.4) is 0 Å². The van der Waals surface area contributed by atoms with Crippen LogP contribution in [0.2, 0.25) is 0 Å². The first-order chi connectivity index (χ1) is 12.6. The molecule has 0 saturated carbocycles. The van der Waals surface area contributed by atoms with Crippen LogP contribution in [0.15, 0.2) is 24.3 Å². The minimum atomic E-state index is 0.200. The Labute approximate surface area is 156 Å². The summed E-state index contributed by atoms with van der Waals surface area (Å²) in [4.78, 5) is 20.6. The number of rotatable bonds is 4. The number of fused-ring (bicyclic) bond motifs is 3. The molecule has 2 aromatic rings. The minimum Gasteiger partial charge on any atom is -0.356 e. The summed E-state index contributed by atoms with van der Waals surface area (Å²) in [6.45, 7) is 8.55. The molecule has 1 amide bonds. The highest BCUT2D eigenvalue weighted by Crippen LogP contribution is 2.37. The van der Waals surface area contributed by atoms with Gasteiger partial charge in [0.2, 0.25) is 5.91 Å². The lowest BCUT2D eigenvalue weighted by Gasteiger charge is -2.36. The van der Waals surface area contributed by atoms with Crippen molar-refractivity contribution in [1.29, 1.82) is 0 Å². The number of hydrogen-bond acceptors (Lipinski definition) is 2. The molecule has 1 aromatic carbocycles. The Morgan fingerprint density at radius 3 is 2.73 bits per heavy atom. The molecule has 140 valence electrons. The maximum absolute atomic E-state index is 12.2. The van der Waals surface area contributed by atoms with Crippen LogP contribution in [0.1, 0.15) is 56.8 Å². The normalized spacial score (nSPS) is 21.9. The predicted octanol–water partition coefficient (Wildman–Crippen LogP) is 4.13. The van der Waals surface area contributed by atoms with E-state index in [9.17, 15) is 4.79 Å². The van der Waals surface area contributed by atoms with E-state index in [1.165, 1.54) is 48.1 Å². The highest BCUT2D eigenvalue weighted by atomic mass is 16.2. The van der Waals surface area contributed by atoms with Crippen LogP contribution in [0, 0.1) is 5.92 Å². The molecule has 1 atom stereocenters. The van der Waals surface area contributed by atoms with Gasteiger partial charge in [-0.05, 0) is 69.3 Å². The molecule has 2 aliphatic rings. The summed E-state index contributed by atoms with van der Waals surface area (Å²) in [6, 6.07) is 8.75. The van der Waals surface area contributed by atoms with Crippen LogP contribution in [0.4, 0.5) is 0 Å². The van der Waals surface area contributed by atoms with Crippen LogP contribution in [-0.4, -0.2) is 46.9 Å². The maximum Gasteiger partial charge on any atom is 0.220 e. The molecule has 4 rings (SSSR count). The van der Waals surface area contributed by atoms with Gasteiger partial charge in [0.25, 0.3) is 0 Å². The highest BCUT2D eigenvalue weighted by molar-refractivity contribution is 5.86. The third-order valence-electron chi connectivity index (χ3n) is 6.39. The fourth-order valence-corrected chi connectivity index (χ4v) is 4.79. The number of carbonyl (C=O) groups excluding carboxylic acids is 1. The zero-order chi connectivity index (χ0) is 18.1. The summed E-state index contributed by atoms with van der Waals surface area (Å²) < 4.78 is 0. The first-order valence-corrected chi connectivity index (χ1v) is 10.2. The average Bonchev–Trinajstić information content (AvgIpc) is 3.02. The number of nitrogens with zero attached hydrogens (tertiary/aromatic N) is 2. The van der Waals surface area contributed by atoms with Gasteiger partial charge in [0.05, 0.1) is 6.04 Å². The van der Waals surface area contributed by atoms with Crippen molar-refractivity contribution in [2.75, 3.05) is 26.2 Å². The van der Waals surface area contributed by atoms with Crippen LogP contribution in [-0.2, 0) is 11.2 Å². The van der Waals surface area contributed by atoms with Crippen molar-refractivity contribution in [1.82, 2.24) is 14.8 Å². The fourth-order valence-electron chi connectivity index (χ4n) is 4.79. The van der Waals surface area contributed by atoms with Crippen molar-refractivity contribution in [3.8, 4) is 0 Å². The number of aromatic amines is 1. The van der Waals surface area contributed by atoms with Gasteiger partial charge < -0.3 is 14.8 Å². The van der Waals surface area contributed by atoms with Crippen molar-refractivity contribution < 1.29 is 4.79 Å². The van der Waals surface area contributed by atoms with Gasteiger partial charge in [-0.3, -0.25) is 4.79 Å². The number of carbonyl (C=O) groups is 1. The number of H-pyrrole nitrogens is 1. The van der Waals surface area contributed by atoms with Gasteiger partial charge in [-0.15, -0.1) is 0 Å². The number of hydrogen-bond donors (Lipinski definition) is 1. The fraction of sp³-hybridized carbons (Fsp3) is 0.591. The van der Waals surface area contributed by atoms with Crippen molar-refractivity contribution in [3.05, 3.63) is 35.5 Å². The second kappa shape index (κ2) is 7.43. The third kappa shape index (κ3) is 3.39. The zero-order valence-corrected chi connectivity index (χ0v) is 16.1. The van der Waals surface area contributed by atoms with E-state index in [2.05, 4.69) is 46.0 Å². The predicted molar refractivity (Wildman–Crippen MR) is 106 cm³/mol. The van der Waals surface area contributed by atoms with Crippen molar-refractivity contribution in [2.45, 2.75) is 52.0 Å². The number of likely N-dealkylation sites (tertiary alicyclic amines) is 1. The summed E-state index contributed by atoms with van der Waals surface area (Å²) in [7, 11) is 0. The molecule has 1 aromatic heterocycles. The smallest absolute Gasteiger partial charge is 0.220 e. The van der Waals surface area contributed by atoms with E-state index in [-0.39, 0.29) is 11.9 Å². The van der Waals surface area contributed by atoms with Gasteiger partial charge in [-0.1, -0.05) is 25.1 Å². The zero-order valence-electron chi connectivity index (χ0n) is 16.1. The Morgan fingerprint density at radius 2 is 1.96 bits per heavy atom. The van der Waals surface area contributed by atoms with E-state index in [4.69, 9.17) is 0 Å². The lowest BCUT2D eigenvalue weighted by molar-refractivity contribution is -0.132. The van der Waals surface area contributed by atoms with Crippen molar-refractivity contribution in [2.24, 2.45) is 5.92 Å². The molecule has 2 aliphatic heterocycles. The molecule has 1 saturated heterocycles. The molecule has 0 spiro atoms. The minimum absolute atomic E-state index is 0.200. The lowest BCUT2D eigenvalue weighted by atomic mass is 9.94. The summed E-state index contributed by atoms with van der Waals surface area (Å²) in [5.41, 5.74) is 3.91. The molecule has 1 fully saturated rings. The number of piperidine rings is 1. The number of aromatic nitrogens is 1. The van der Waals surface area contributed by atoms with E-state index < -0.39 is 0 Å². The van der Waals surface area contributed by atoms with E-state index in [1.54, 1.807) is 6.92 Å². The topological polar surface area (TPSA) is 39.3 Å². The summed E-state index contributed by atoms with van der Waals surface area (Å²) in [5.74, 6) is 1.08. The SMILES string of the molecule is CC(=O)N1CCc2c([nH]c3ccccc23)C1CCCN1CCC(C)CC1. The quantitative estimate of drug-likeness (QED) is 0.898. The Bertz CT molecular complexity index is 773. The molecule has 26 heavy (non-hydrogen) atoms. The molecular weight excluding hydrogens is 322 g/mol. The average molecular weight is 354 g/mol. The van der Waals surface area contributed by atoms with Crippen molar-refractivity contribution >= 4 is 16.8 Å². The van der Waals surface area contributed by atoms with Crippen LogP contribution >= 0.6 is 0 Å². The van der Waals surface area contributed by atoms with Crippen LogP contribution in [0.25, 0.3) is 10.9 Å². The van der Waals surface area contributed by atoms with Gasteiger partial charge in [0, 0.05) is 30.1 Å². The largest absolute Gasteiger partial charge is 0.356 e. The van der Waals surface area contributed by atoms with E-state index in [0.29, 0.717) is 0 Å². The van der Waals surface area contributed by atoms with Crippen LogP contribution < -0.4 is 0 Å². The van der Waals surface area contributed by atoms with Crippen LogP contribution in [0.5, 0.6) is 0 Å². The molecule has 3 heterocycles. The number of para-hydroxylation sites is 1. The van der Waals surface area contributed by atoms with Crippen molar-refractivity contribution in [3.63, 3.8) is 0 Å². The second-order valence-corrected chi connectivity index (χ2v) is 8.21. The number of nitrogens with one attached hydrogen (secondary N) is 1. The first-order valence-electron chi connectivity index (χ1n) is 10.2. The molecular formula is C22H31N3O. The van der Waals surface area contributed by atoms with E-state index in [1.807, 2.05) is 0 Å².